The number of aliphatic hydroxyl groups is 1. The summed E-state index contributed by atoms with van der Waals surface area (Å²) in [6.45, 7) is 5.29. The van der Waals surface area contributed by atoms with Gasteiger partial charge in [0.25, 0.3) is 0 Å². The molecule has 6 heteroatoms. The van der Waals surface area contributed by atoms with Crippen molar-refractivity contribution in [3.8, 4) is 0 Å². The average molecular weight is 278 g/mol. The maximum atomic E-state index is 12.2. The Kier molecular flexibility index (Phi) is 6.92. The zero-order valence-electron chi connectivity index (χ0n) is 10.8. The third kappa shape index (κ3) is 4.09. The summed E-state index contributed by atoms with van der Waals surface area (Å²) < 4.78 is 0. The molecule has 0 aliphatic carbocycles. The van der Waals surface area contributed by atoms with Crippen molar-refractivity contribution in [2.75, 3.05) is 45.9 Å². The van der Waals surface area contributed by atoms with Crippen molar-refractivity contribution in [2.24, 2.45) is 0 Å². The predicted molar refractivity (Wildman–Crippen MR) is 73.0 cm³/mol. The molecule has 2 aliphatic heterocycles. The third-order valence-corrected chi connectivity index (χ3v) is 3.71. The van der Waals surface area contributed by atoms with E-state index in [1.54, 1.807) is 0 Å². The molecule has 0 aromatic heterocycles. The largest absolute Gasteiger partial charge is 0.395 e. The molecule has 0 spiro atoms. The summed E-state index contributed by atoms with van der Waals surface area (Å²) in [5.74, 6) is 0.272. The number of aliphatic hydroxyl groups excluding tert-OH is 1. The van der Waals surface area contributed by atoms with Crippen molar-refractivity contribution >= 4 is 18.3 Å². The van der Waals surface area contributed by atoms with Crippen LogP contribution in [-0.2, 0) is 4.79 Å². The fourth-order valence-electron chi connectivity index (χ4n) is 2.62. The van der Waals surface area contributed by atoms with Crippen LogP contribution in [-0.4, -0.2) is 72.7 Å². The molecule has 18 heavy (non-hydrogen) atoms. The van der Waals surface area contributed by atoms with Crippen LogP contribution in [0.25, 0.3) is 0 Å². The highest BCUT2D eigenvalue weighted by Gasteiger charge is 2.27. The fourth-order valence-corrected chi connectivity index (χ4v) is 2.62. The maximum Gasteiger partial charge on any atom is 0.239 e. The normalized spacial score (nSPS) is 25.6. The lowest BCUT2D eigenvalue weighted by Crippen LogP contribution is -2.55. The van der Waals surface area contributed by atoms with Crippen LogP contribution in [0, 0.1) is 0 Å². The second kappa shape index (κ2) is 7.94. The number of piperidine rings is 1. The molecule has 5 nitrogen and oxygen atoms in total. The van der Waals surface area contributed by atoms with Crippen molar-refractivity contribution in [3.63, 3.8) is 0 Å². The Morgan fingerprint density at radius 3 is 2.50 bits per heavy atom. The Labute approximate surface area is 115 Å². The van der Waals surface area contributed by atoms with Crippen molar-refractivity contribution in [1.82, 2.24) is 15.1 Å². The lowest BCUT2D eigenvalue weighted by atomic mass is 10.0. The number of nitrogens with one attached hydrogen (secondary N) is 1. The van der Waals surface area contributed by atoms with Crippen LogP contribution in [0.4, 0.5) is 0 Å². The highest BCUT2D eigenvalue weighted by atomic mass is 35.5. The van der Waals surface area contributed by atoms with Gasteiger partial charge >= 0.3 is 0 Å². The molecule has 1 amide bonds. The summed E-state index contributed by atoms with van der Waals surface area (Å²) >= 11 is 0. The Balaban J connectivity index is 0.00000162. The van der Waals surface area contributed by atoms with E-state index < -0.39 is 0 Å². The topological polar surface area (TPSA) is 55.8 Å². The number of nitrogens with zero attached hydrogens (tertiary/aromatic N) is 2. The predicted octanol–water partition coefficient (Wildman–Crippen LogP) is -0.313. The SMILES string of the molecule is Cl.O=C(C1CCCCN1)N1CCN(CCO)CC1. The summed E-state index contributed by atoms with van der Waals surface area (Å²) in [5.41, 5.74) is 0. The van der Waals surface area contributed by atoms with E-state index in [1.807, 2.05) is 4.90 Å². The standard InChI is InChI=1S/C12H23N3O2.ClH/c16-10-9-14-5-7-15(8-6-14)12(17)11-3-1-2-4-13-11;/h11,13,16H,1-10H2;1H. The highest BCUT2D eigenvalue weighted by molar-refractivity contribution is 5.85. The summed E-state index contributed by atoms with van der Waals surface area (Å²) in [6, 6.07) is 0.0492. The number of halogens is 1. The van der Waals surface area contributed by atoms with E-state index in [9.17, 15) is 4.79 Å². The van der Waals surface area contributed by atoms with Crippen LogP contribution in [0.3, 0.4) is 0 Å². The molecular weight excluding hydrogens is 254 g/mol. The van der Waals surface area contributed by atoms with Gasteiger partial charge in [0, 0.05) is 32.7 Å². The number of hydrogen-bond donors (Lipinski definition) is 2. The molecule has 2 rings (SSSR count). The van der Waals surface area contributed by atoms with Crippen molar-refractivity contribution in [3.05, 3.63) is 0 Å². The Bertz CT molecular complexity index is 252. The number of amides is 1. The first-order valence-corrected chi connectivity index (χ1v) is 6.66. The van der Waals surface area contributed by atoms with Crippen molar-refractivity contribution in [2.45, 2.75) is 25.3 Å². The van der Waals surface area contributed by atoms with Crippen LogP contribution in [0.2, 0.25) is 0 Å². The summed E-state index contributed by atoms with van der Waals surface area (Å²) in [4.78, 5) is 16.4. The van der Waals surface area contributed by atoms with Gasteiger partial charge < -0.3 is 15.3 Å². The molecule has 1 unspecified atom stereocenters. The number of piperazine rings is 1. The van der Waals surface area contributed by atoms with Crippen molar-refractivity contribution in [1.29, 1.82) is 0 Å². The zero-order chi connectivity index (χ0) is 12.1. The van der Waals surface area contributed by atoms with Crippen LogP contribution in [0.1, 0.15) is 19.3 Å². The van der Waals surface area contributed by atoms with Gasteiger partial charge in [0.1, 0.15) is 0 Å². The zero-order valence-corrected chi connectivity index (χ0v) is 11.6. The van der Waals surface area contributed by atoms with Gasteiger partial charge in [-0.3, -0.25) is 9.69 Å². The first-order valence-electron chi connectivity index (χ1n) is 6.66. The number of rotatable bonds is 3. The van der Waals surface area contributed by atoms with E-state index >= 15 is 0 Å². The van der Waals surface area contributed by atoms with E-state index in [2.05, 4.69) is 10.2 Å². The van der Waals surface area contributed by atoms with Gasteiger partial charge in [0.05, 0.1) is 12.6 Å². The average Bonchev–Trinajstić information content (AvgIpc) is 2.40. The van der Waals surface area contributed by atoms with E-state index in [1.165, 1.54) is 6.42 Å². The lowest BCUT2D eigenvalue weighted by molar-refractivity contribution is -0.135. The molecule has 2 aliphatic rings. The van der Waals surface area contributed by atoms with E-state index in [0.29, 0.717) is 0 Å². The molecule has 0 aromatic carbocycles. The number of β-amino-alcohol motifs (C(OH)–C–C–N with tert-alkyl or cyclic N) is 1. The smallest absolute Gasteiger partial charge is 0.239 e. The van der Waals surface area contributed by atoms with Gasteiger partial charge in [0.2, 0.25) is 5.91 Å². The first-order chi connectivity index (χ1) is 8.31. The minimum Gasteiger partial charge on any atom is -0.395 e. The molecular formula is C12H24ClN3O2. The fraction of sp³-hybridized carbons (Fsp3) is 0.917. The maximum absolute atomic E-state index is 12.2. The number of carbonyl (C=O) groups excluding carboxylic acids is 1. The number of carbonyl (C=O) groups is 1. The Morgan fingerprint density at radius 2 is 1.94 bits per heavy atom. The van der Waals surface area contributed by atoms with E-state index in [-0.39, 0.29) is 31.0 Å². The quantitative estimate of drug-likeness (QED) is 0.743. The third-order valence-electron chi connectivity index (χ3n) is 3.71. The summed E-state index contributed by atoms with van der Waals surface area (Å²) in [5, 5.41) is 12.2. The van der Waals surface area contributed by atoms with Crippen LogP contribution < -0.4 is 5.32 Å². The summed E-state index contributed by atoms with van der Waals surface area (Å²) in [7, 11) is 0. The molecule has 2 N–H and O–H groups in total. The molecule has 1 atom stereocenters. The molecule has 0 aromatic rings. The van der Waals surface area contributed by atoms with Gasteiger partial charge in [0.15, 0.2) is 0 Å². The lowest BCUT2D eigenvalue weighted by Gasteiger charge is -2.37. The van der Waals surface area contributed by atoms with Gasteiger partial charge in [-0.15, -0.1) is 12.4 Å². The Hall–Kier alpha value is -0.360. The van der Waals surface area contributed by atoms with Gasteiger partial charge in [-0.05, 0) is 19.4 Å². The Morgan fingerprint density at radius 1 is 1.22 bits per heavy atom. The molecule has 106 valence electrons. The minimum absolute atomic E-state index is 0. The molecule has 0 bridgehead atoms. The van der Waals surface area contributed by atoms with E-state index in [4.69, 9.17) is 5.11 Å². The van der Waals surface area contributed by atoms with Crippen molar-refractivity contribution < 1.29 is 9.90 Å². The second-order valence-corrected chi connectivity index (χ2v) is 4.89. The molecule has 0 radical (unpaired) electrons. The molecule has 2 fully saturated rings. The number of hydrogen-bond acceptors (Lipinski definition) is 4. The van der Waals surface area contributed by atoms with E-state index in [0.717, 1.165) is 52.1 Å². The molecule has 0 saturated carbocycles. The second-order valence-electron chi connectivity index (χ2n) is 4.89. The highest BCUT2D eigenvalue weighted by Crippen LogP contribution is 2.11. The van der Waals surface area contributed by atoms with Crippen LogP contribution >= 0.6 is 12.4 Å². The van der Waals surface area contributed by atoms with Crippen LogP contribution in [0.5, 0.6) is 0 Å². The minimum atomic E-state index is 0. The van der Waals surface area contributed by atoms with Gasteiger partial charge in [-0.25, -0.2) is 0 Å². The molecule has 2 saturated heterocycles. The molecule has 2 heterocycles. The van der Waals surface area contributed by atoms with Crippen LogP contribution in [0.15, 0.2) is 0 Å². The van der Waals surface area contributed by atoms with Gasteiger partial charge in [-0.1, -0.05) is 6.42 Å². The summed E-state index contributed by atoms with van der Waals surface area (Å²) in [6.07, 6.45) is 3.33. The van der Waals surface area contributed by atoms with Gasteiger partial charge in [-0.2, -0.15) is 0 Å². The monoisotopic (exact) mass is 277 g/mol. The first kappa shape index (κ1) is 15.7.